The third-order valence-corrected chi connectivity index (χ3v) is 6.34. The van der Waals surface area contributed by atoms with Gasteiger partial charge in [0.25, 0.3) is 0 Å². The van der Waals surface area contributed by atoms with Crippen LogP contribution in [0, 0.1) is 5.82 Å². The van der Waals surface area contributed by atoms with Crippen LogP contribution in [0.5, 0.6) is 0 Å². The molecule has 0 bridgehead atoms. The number of anilines is 1. The molecular weight excluding hydrogens is 383 g/mol. The Labute approximate surface area is 163 Å². The molecular formula is C19H19FN4OS2. The molecule has 0 saturated carbocycles. The van der Waals surface area contributed by atoms with Crippen molar-refractivity contribution in [1.82, 2.24) is 15.0 Å². The van der Waals surface area contributed by atoms with Crippen molar-refractivity contribution in [2.75, 3.05) is 24.2 Å². The Hall–Kier alpha value is -2.19. The van der Waals surface area contributed by atoms with E-state index in [4.69, 9.17) is 4.98 Å². The zero-order valence-corrected chi connectivity index (χ0v) is 16.5. The van der Waals surface area contributed by atoms with Gasteiger partial charge in [-0.1, -0.05) is 23.5 Å². The fraction of sp³-hybridized carbons (Fsp3) is 0.316. The van der Waals surface area contributed by atoms with E-state index in [0.29, 0.717) is 17.0 Å². The second-order valence-electron chi connectivity index (χ2n) is 6.38. The molecule has 0 spiro atoms. The maximum Gasteiger partial charge on any atom is 0.218 e. The average molecular weight is 403 g/mol. The molecule has 3 aromatic rings. The smallest absolute Gasteiger partial charge is 0.218 e. The number of benzene rings is 1. The van der Waals surface area contributed by atoms with Crippen LogP contribution in [0.15, 0.2) is 41.7 Å². The van der Waals surface area contributed by atoms with E-state index in [9.17, 15) is 8.60 Å². The third-order valence-electron chi connectivity index (χ3n) is 4.49. The first-order valence-electron chi connectivity index (χ1n) is 8.81. The quantitative estimate of drug-likeness (QED) is 0.614. The maximum absolute atomic E-state index is 14.5. The lowest BCUT2D eigenvalue weighted by molar-refractivity contribution is 0.577. The van der Waals surface area contributed by atoms with Gasteiger partial charge in [0.1, 0.15) is 5.82 Å². The SMILES string of the molecule is CS(=O)c1nccc(-c2sc(N3CCCCC3)nc2-c2ccccc2F)n1. The molecule has 2 aromatic heterocycles. The molecule has 4 rings (SSSR count). The van der Waals surface area contributed by atoms with E-state index >= 15 is 0 Å². The summed E-state index contributed by atoms with van der Waals surface area (Å²) in [5.74, 6) is -0.317. The molecule has 0 N–H and O–H groups in total. The number of hydrogen-bond donors (Lipinski definition) is 0. The van der Waals surface area contributed by atoms with Crippen LogP contribution in [0.4, 0.5) is 9.52 Å². The predicted molar refractivity (Wildman–Crippen MR) is 107 cm³/mol. The van der Waals surface area contributed by atoms with E-state index in [1.807, 2.05) is 0 Å². The van der Waals surface area contributed by atoms with Gasteiger partial charge >= 0.3 is 0 Å². The van der Waals surface area contributed by atoms with E-state index < -0.39 is 10.8 Å². The number of hydrogen-bond acceptors (Lipinski definition) is 6. The summed E-state index contributed by atoms with van der Waals surface area (Å²) in [6.45, 7) is 1.91. The molecule has 1 aliphatic rings. The van der Waals surface area contributed by atoms with Crippen molar-refractivity contribution in [3.8, 4) is 21.8 Å². The molecule has 8 heteroatoms. The van der Waals surface area contributed by atoms with Gasteiger partial charge in [-0.3, -0.25) is 4.21 Å². The highest BCUT2D eigenvalue weighted by atomic mass is 32.2. The zero-order chi connectivity index (χ0) is 18.8. The van der Waals surface area contributed by atoms with Crippen LogP contribution in [0.2, 0.25) is 0 Å². The lowest BCUT2D eigenvalue weighted by Gasteiger charge is -2.25. The van der Waals surface area contributed by atoms with Gasteiger partial charge in [0.15, 0.2) is 5.13 Å². The fourth-order valence-corrected chi connectivity index (χ4v) is 4.68. The van der Waals surface area contributed by atoms with Gasteiger partial charge in [-0.2, -0.15) is 0 Å². The Balaban J connectivity index is 1.86. The van der Waals surface area contributed by atoms with E-state index in [1.54, 1.807) is 36.7 Å². The third kappa shape index (κ3) is 3.77. The average Bonchev–Trinajstić information content (AvgIpc) is 3.14. The molecule has 0 aliphatic carbocycles. The van der Waals surface area contributed by atoms with E-state index in [1.165, 1.54) is 23.8 Å². The normalized spacial score (nSPS) is 15.7. The molecule has 5 nitrogen and oxygen atoms in total. The summed E-state index contributed by atoms with van der Waals surface area (Å²) in [5.41, 5.74) is 1.64. The van der Waals surface area contributed by atoms with Gasteiger partial charge in [0.05, 0.1) is 27.1 Å². The van der Waals surface area contributed by atoms with Crippen molar-refractivity contribution in [3.05, 3.63) is 42.3 Å². The van der Waals surface area contributed by atoms with Crippen molar-refractivity contribution < 1.29 is 8.60 Å². The molecule has 1 aromatic carbocycles. The largest absolute Gasteiger partial charge is 0.348 e. The summed E-state index contributed by atoms with van der Waals surface area (Å²) in [7, 11) is -1.29. The molecule has 1 fully saturated rings. The van der Waals surface area contributed by atoms with Crippen LogP contribution in [-0.4, -0.2) is 38.5 Å². The van der Waals surface area contributed by atoms with Crippen molar-refractivity contribution in [2.45, 2.75) is 24.4 Å². The summed E-state index contributed by atoms with van der Waals surface area (Å²) in [6, 6.07) is 8.39. The Morgan fingerprint density at radius 1 is 1.11 bits per heavy atom. The lowest BCUT2D eigenvalue weighted by atomic mass is 10.1. The molecule has 0 radical (unpaired) electrons. The van der Waals surface area contributed by atoms with Crippen LogP contribution < -0.4 is 4.90 Å². The van der Waals surface area contributed by atoms with E-state index in [2.05, 4.69) is 14.9 Å². The number of rotatable bonds is 4. The van der Waals surface area contributed by atoms with Gasteiger partial charge in [0.2, 0.25) is 5.16 Å². The molecule has 3 heterocycles. The Kier molecular flexibility index (Phi) is 5.27. The van der Waals surface area contributed by atoms with Gasteiger partial charge in [-0.15, -0.1) is 0 Å². The Morgan fingerprint density at radius 2 is 1.89 bits per heavy atom. The lowest BCUT2D eigenvalue weighted by Crippen LogP contribution is -2.29. The Morgan fingerprint density at radius 3 is 2.63 bits per heavy atom. The zero-order valence-electron chi connectivity index (χ0n) is 14.9. The molecule has 0 amide bonds. The summed E-state index contributed by atoms with van der Waals surface area (Å²) >= 11 is 1.50. The van der Waals surface area contributed by atoms with E-state index in [0.717, 1.165) is 35.9 Å². The molecule has 27 heavy (non-hydrogen) atoms. The second-order valence-corrected chi connectivity index (χ2v) is 8.63. The first kappa shape index (κ1) is 18.2. The minimum atomic E-state index is -1.29. The first-order valence-corrected chi connectivity index (χ1v) is 11.2. The van der Waals surface area contributed by atoms with Crippen LogP contribution in [-0.2, 0) is 10.8 Å². The highest BCUT2D eigenvalue weighted by molar-refractivity contribution is 7.84. The number of piperidine rings is 1. The monoisotopic (exact) mass is 402 g/mol. The number of thiazole rings is 1. The number of aromatic nitrogens is 3. The summed E-state index contributed by atoms with van der Waals surface area (Å²) in [6.07, 6.45) is 6.63. The minimum absolute atomic E-state index is 0.264. The van der Waals surface area contributed by atoms with Crippen LogP contribution in [0.3, 0.4) is 0 Å². The summed E-state index contributed by atoms with van der Waals surface area (Å²) < 4.78 is 26.3. The fourth-order valence-electron chi connectivity index (χ4n) is 3.14. The van der Waals surface area contributed by atoms with E-state index in [-0.39, 0.29) is 11.0 Å². The van der Waals surface area contributed by atoms with Gasteiger partial charge in [-0.25, -0.2) is 19.3 Å². The maximum atomic E-state index is 14.5. The Bertz CT molecular complexity index is 985. The second kappa shape index (κ2) is 7.82. The topological polar surface area (TPSA) is 59.0 Å². The molecule has 1 unspecified atom stereocenters. The standard InChI is InChI=1S/C19H19FN4OS2/c1-27(25)18-21-10-9-15(22-18)17-16(13-7-3-4-8-14(13)20)23-19(26-17)24-11-5-2-6-12-24/h3-4,7-10H,2,5-6,11-12H2,1H3. The van der Waals surface area contributed by atoms with Crippen molar-refractivity contribution in [2.24, 2.45) is 0 Å². The van der Waals surface area contributed by atoms with Crippen LogP contribution in [0.1, 0.15) is 19.3 Å². The first-order chi connectivity index (χ1) is 13.1. The molecule has 1 saturated heterocycles. The number of nitrogens with zero attached hydrogens (tertiary/aromatic N) is 4. The van der Waals surface area contributed by atoms with Crippen molar-refractivity contribution in [1.29, 1.82) is 0 Å². The summed E-state index contributed by atoms with van der Waals surface area (Å²) in [4.78, 5) is 16.3. The van der Waals surface area contributed by atoms with Gasteiger partial charge < -0.3 is 4.90 Å². The summed E-state index contributed by atoms with van der Waals surface area (Å²) in [5, 5.41) is 1.14. The van der Waals surface area contributed by atoms with Crippen LogP contribution in [0.25, 0.3) is 21.8 Å². The van der Waals surface area contributed by atoms with Crippen LogP contribution >= 0.6 is 11.3 Å². The van der Waals surface area contributed by atoms with Gasteiger partial charge in [0, 0.05) is 31.1 Å². The highest BCUT2D eigenvalue weighted by Crippen LogP contribution is 2.41. The number of halogens is 1. The molecule has 140 valence electrons. The van der Waals surface area contributed by atoms with Crippen molar-refractivity contribution in [3.63, 3.8) is 0 Å². The molecule has 1 aliphatic heterocycles. The predicted octanol–water partition coefficient (Wildman–Crippen LogP) is 4.13. The van der Waals surface area contributed by atoms with Gasteiger partial charge in [-0.05, 0) is 37.5 Å². The van der Waals surface area contributed by atoms with Crippen molar-refractivity contribution >= 4 is 27.3 Å². The molecule has 1 atom stereocenters. The highest BCUT2D eigenvalue weighted by Gasteiger charge is 2.23. The minimum Gasteiger partial charge on any atom is -0.348 e.